The van der Waals surface area contributed by atoms with Gasteiger partial charge in [-0.25, -0.2) is 4.98 Å². The van der Waals surface area contributed by atoms with E-state index in [0.717, 1.165) is 18.5 Å². The summed E-state index contributed by atoms with van der Waals surface area (Å²) in [6.45, 7) is 4.37. The molecule has 180 valence electrons. The van der Waals surface area contributed by atoms with Crippen LogP contribution in [0.4, 0.5) is 5.82 Å². The monoisotopic (exact) mass is 506 g/mol. The summed E-state index contributed by atoms with van der Waals surface area (Å²) in [6, 6.07) is 12.2. The number of carbonyl (C=O) groups excluding carboxylic acids is 1. The highest BCUT2D eigenvalue weighted by atomic mass is 32.2. The van der Waals surface area contributed by atoms with Crippen LogP contribution in [0.2, 0.25) is 0 Å². The van der Waals surface area contributed by atoms with Crippen molar-refractivity contribution in [2.45, 2.75) is 26.3 Å². The summed E-state index contributed by atoms with van der Waals surface area (Å²) in [5.74, 6) is 0.415. The van der Waals surface area contributed by atoms with E-state index in [-0.39, 0.29) is 11.5 Å². The standard InChI is InChI=1S/C26H26N4O3S2/c1-17-8-9-22-27-23(28-12-10-18-6-3-4-7-19(18)16-28)20(24(31)30(22)15-17)14-21-25(32)29(26(34)35-21)11-5-13-33-2/h3-4,6-9,14-15H,5,10-13,16H2,1-2H3. The third-order valence-corrected chi connectivity index (χ3v) is 7.67. The lowest BCUT2D eigenvalue weighted by Crippen LogP contribution is -2.34. The van der Waals surface area contributed by atoms with Crippen LogP contribution in [0.3, 0.4) is 0 Å². The predicted molar refractivity (Wildman–Crippen MR) is 144 cm³/mol. The van der Waals surface area contributed by atoms with Gasteiger partial charge in [0.2, 0.25) is 0 Å². The van der Waals surface area contributed by atoms with Gasteiger partial charge in [0.1, 0.15) is 15.8 Å². The average molecular weight is 507 g/mol. The molecule has 4 heterocycles. The van der Waals surface area contributed by atoms with Gasteiger partial charge in [-0.1, -0.05) is 54.3 Å². The number of carbonyl (C=O) groups is 1. The van der Waals surface area contributed by atoms with Gasteiger partial charge >= 0.3 is 0 Å². The largest absolute Gasteiger partial charge is 0.385 e. The minimum Gasteiger partial charge on any atom is -0.385 e. The Labute approximate surface area is 213 Å². The highest BCUT2D eigenvalue weighted by Gasteiger charge is 2.33. The molecule has 1 aromatic carbocycles. The van der Waals surface area contributed by atoms with E-state index in [2.05, 4.69) is 23.1 Å². The van der Waals surface area contributed by atoms with Crippen LogP contribution in [-0.4, -0.2) is 51.3 Å². The molecule has 7 nitrogen and oxygen atoms in total. The van der Waals surface area contributed by atoms with Crippen molar-refractivity contribution in [2.75, 3.05) is 31.7 Å². The maximum absolute atomic E-state index is 13.7. The van der Waals surface area contributed by atoms with Crippen LogP contribution in [0, 0.1) is 6.92 Å². The van der Waals surface area contributed by atoms with Gasteiger partial charge < -0.3 is 9.64 Å². The summed E-state index contributed by atoms with van der Waals surface area (Å²) in [6.07, 6.45) is 5.02. The van der Waals surface area contributed by atoms with E-state index < -0.39 is 0 Å². The predicted octanol–water partition coefficient (Wildman–Crippen LogP) is 3.80. The Morgan fingerprint density at radius 1 is 1.17 bits per heavy atom. The van der Waals surface area contributed by atoms with E-state index in [9.17, 15) is 9.59 Å². The second kappa shape index (κ2) is 9.93. The van der Waals surface area contributed by atoms with E-state index in [1.807, 2.05) is 25.1 Å². The van der Waals surface area contributed by atoms with Crippen molar-refractivity contribution < 1.29 is 9.53 Å². The SMILES string of the molecule is COCCCN1C(=O)C(=Cc2c(N3CCc4ccccc4C3)nc3ccc(C)cn3c2=O)SC1=S. The van der Waals surface area contributed by atoms with Crippen molar-refractivity contribution in [1.29, 1.82) is 0 Å². The third-order valence-electron chi connectivity index (χ3n) is 6.29. The summed E-state index contributed by atoms with van der Waals surface area (Å²) in [5, 5.41) is 0. The van der Waals surface area contributed by atoms with E-state index in [4.69, 9.17) is 21.9 Å². The zero-order valence-corrected chi connectivity index (χ0v) is 21.3. The highest BCUT2D eigenvalue weighted by molar-refractivity contribution is 8.26. The van der Waals surface area contributed by atoms with E-state index >= 15 is 0 Å². The first-order valence-corrected chi connectivity index (χ1v) is 12.8. The van der Waals surface area contributed by atoms with E-state index in [1.165, 1.54) is 22.9 Å². The molecule has 1 saturated heterocycles. The zero-order valence-electron chi connectivity index (χ0n) is 19.7. The van der Waals surface area contributed by atoms with Crippen LogP contribution in [-0.2, 0) is 22.5 Å². The number of fused-ring (bicyclic) bond motifs is 2. The Balaban J connectivity index is 1.59. The number of methoxy groups -OCH3 is 1. The lowest BCUT2D eigenvalue weighted by molar-refractivity contribution is -0.122. The fraction of sp³-hybridized carbons (Fsp3) is 0.308. The molecule has 1 amide bonds. The second-order valence-electron chi connectivity index (χ2n) is 8.71. The van der Waals surface area contributed by atoms with Crippen molar-refractivity contribution in [3.63, 3.8) is 0 Å². The maximum atomic E-state index is 13.7. The Bertz CT molecular complexity index is 1420. The third kappa shape index (κ3) is 4.63. The molecule has 2 aromatic heterocycles. The summed E-state index contributed by atoms with van der Waals surface area (Å²) >= 11 is 6.70. The molecule has 0 spiro atoms. The average Bonchev–Trinajstić information content (AvgIpc) is 3.13. The number of anilines is 1. The molecule has 2 aliphatic heterocycles. The number of thioether (sulfide) groups is 1. The Hall–Kier alpha value is -3.01. The lowest BCUT2D eigenvalue weighted by Gasteiger charge is -2.30. The first kappa shape index (κ1) is 23.7. The van der Waals surface area contributed by atoms with Gasteiger partial charge in [-0.3, -0.25) is 18.9 Å². The number of hydrogen-bond donors (Lipinski definition) is 0. The second-order valence-corrected chi connectivity index (χ2v) is 10.4. The van der Waals surface area contributed by atoms with Gasteiger partial charge in [-0.2, -0.15) is 0 Å². The number of amides is 1. The van der Waals surface area contributed by atoms with Crippen LogP contribution in [0.25, 0.3) is 11.7 Å². The summed E-state index contributed by atoms with van der Waals surface area (Å²) in [7, 11) is 1.63. The van der Waals surface area contributed by atoms with Gasteiger partial charge in [0.15, 0.2) is 0 Å². The van der Waals surface area contributed by atoms with Crippen LogP contribution in [0.5, 0.6) is 0 Å². The van der Waals surface area contributed by atoms with Crippen LogP contribution in [0.15, 0.2) is 52.3 Å². The Kier molecular flexibility index (Phi) is 6.73. The summed E-state index contributed by atoms with van der Waals surface area (Å²) < 4.78 is 7.16. The van der Waals surface area contributed by atoms with Crippen molar-refractivity contribution in [3.8, 4) is 0 Å². The smallest absolute Gasteiger partial charge is 0.267 e. The number of benzene rings is 1. The number of hydrogen-bond acceptors (Lipinski definition) is 7. The van der Waals surface area contributed by atoms with Crippen LogP contribution >= 0.6 is 24.0 Å². The number of rotatable bonds is 6. The van der Waals surface area contributed by atoms with Crippen molar-refractivity contribution in [3.05, 3.63) is 80.1 Å². The minimum atomic E-state index is -0.197. The lowest BCUT2D eigenvalue weighted by atomic mass is 9.99. The Morgan fingerprint density at radius 3 is 2.77 bits per heavy atom. The Morgan fingerprint density at radius 2 is 1.97 bits per heavy atom. The highest BCUT2D eigenvalue weighted by Crippen LogP contribution is 2.34. The molecule has 0 N–H and O–H groups in total. The topological polar surface area (TPSA) is 67.2 Å². The molecule has 9 heteroatoms. The van der Waals surface area contributed by atoms with Crippen LogP contribution < -0.4 is 10.5 Å². The molecule has 2 aliphatic rings. The molecule has 0 radical (unpaired) electrons. The molecular weight excluding hydrogens is 480 g/mol. The maximum Gasteiger partial charge on any atom is 0.267 e. The zero-order chi connectivity index (χ0) is 24.5. The molecule has 1 fully saturated rings. The molecule has 3 aromatic rings. The van der Waals surface area contributed by atoms with Gasteiger partial charge in [-0.05, 0) is 48.6 Å². The van der Waals surface area contributed by atoms with Gasteiger partial charge in [0, 0.05) is 39.5 Å². The number of nitrogens with zero attached hydrogens (tertiary/aromatic N) is 4. The molecule has 0 bridgehead atoms. The van der Waals surface area contributed by atoms with Gasteiger partial charge in [0.05, 0.1) is 10.5 Å². The van der Waals surface area contributed by atoms with Crippen molar-refractivity contribution >= 4 is 51.7 Å². The molecule has 35 heavy (non-hydrogen) atoms. The number of pyridine rings is 1. The van der Waals surface area contributed by atoms with Crippen molar-refractivity contribution in [2.24, 2.45) is 0 Å². The van der Waals surface area contributed by atoms with Crippen LogP contribution in [0.1, 0.15) is 28.7 Å². The molecular formula is C26H26N4O3S2. The molecule has 5 rings (SSSR count). The molecule has 0 saturated carbocycles. The number of aryl methyl sites for hydroxylation is 1. The van der Waals surface area contributed by atoms with E-state index in [0.29, 0.717) is 52.4 Å². The normalized spacial score (nSPS) is 17.0. The van der Waals surface area contributed by atoms with E-state index in [1.54, 1.807) is 28.7 Å². The number of ether oxygens (including phenoxy) is 1. The number of thiocarbonyl (C=S) groups is 1. The summed E-state index contributed by atoms with van der Waals surface area (Å²) in [5.41, 5.74) is 4.28. The van der Waals surface area contributed by atoms with Gasteiger partial charge in [-0.15, -0.1) is 0 Å². The van der Waals surface area contributed by atoms with Crippen molar-refractivity contribution in [1.82, 2.24) is 14.3 Å². The molecule has 0 atom stereocenters. The number of aromatic nitrogens is 2. The first-order valence-electron chi connectivity index (χ1n) is 11.6. The molecule has 0 unspecified atom stereocenters. The molecule has 0 aliphatic carbocycles. The minimum absolute atomic E-state index is 0.181. The first-order chi connectivity index (χ1) is 17.0. The fourth-order valence-corrected chi connectivity index (χ4v) is 5.77. The summed E-state index contributed by atoms with van der Waals surface area (Å²) in [4.78, 5) is 35.9. The van der Waals surface area contributed by atoms with Gasteiger partial charge in [0.25, 0.3) is 11.5 Å². The quantitative estimate of drug-likeness (QED) is 0.286. The fourth-order valence-electron chi connectivity index (χ4n) is 4.48.